The van der Waals surface area contributed by atoms with Crippen molar-refractivity contribution >= 4 is 16.8 Å². The fourth-order valence-corrected chi connectivity index (χ4v) is 3.20. The molecule has 22 heavy (non-hydrogen) atoms. The summed E-state index contributed by atoms with van der Waals surface area (Å²) in [5.41, 5.74) is 0.471. The van der Waals surface area contributed by atoms with E-state index < -0.39 is 0 Å². The Morgan fingerprint density at radius 3 is 2.73 bits per heavy atom. The smallest absolute Gasteiger partial charge is 0.258 e. The molecule has 114 valence electrons. The second-order valence-corrected chi connectivity index (χ2v) is 6.82. The number of rotatable bonds is 4. The molecule has 0 spiro atoms. The van der Waals surface area contributed by atoms with E-state index in [-0.39, 0.29) is 22.9 Å². The van der Waals surface area contributed by atoms with Crippen LogP contribution < -0.4 is 5.56 Å². The zero-order valence-corrected chi connectivity index (χ0v) is 12.8. The Bertz CT molecular complexity index is 818. The van der Waals surface area contributed by atoms with E-state index in [2.05, 4.69) is 9.97 Å². The van der Waals surface area contributed by atoms with Crippen molar-refractivity contribution in [3.05, 3.63) is 40.4 Å². The van der Waals surface area contributed by atoms with Gasteiger partial charge in [-0.2, -0.15) is 0 Å². The Morgan fingerprint density at radius 1 is 1.41 bits per heavy atom. The van der Waals surface area contributed by atoms with Crippen LogP contribution in [0.25, 0.3) is 10.9 Å². The molecule has 2 fully saturated rings. The van der Waals surface area contributed by atoms with Crippen LogP contribution in [0.1, 0.15) is 32.5 Å². The third-order valence-corrected chi connectivity index (χ3v) is 4.97. The summed E-state index contributed by atoms with van der Waals surface area (Å²) in [5.74, 6) is 1.40. The molecule has 0 saturated heterocycles. The van der Waals surface area contributed by atoms with Crippen LogP contribution in [0.3, 0.4) is 0 Å². The van der Waals surface area contributed by atoms with Gasteiger partial charge in [0, 0.05) is 6.04 Å². The molecule has 0 unspecified atom stereocenters. The van der Waals surface area contributed by atoms with Crippen molar-refractivity contribution in [2.75, 3.05) is 0 Å². The molecular weight excluding hydrogens is 278 g/mol. The molecule has 1 heterocycles. The second kappa shape index (κ2) is 4.41. The number of nitrogens with zero attached hydrogens (tertiary/aromatic N) is 2. The summed E-state index contributed by atoms with van der Waals surface area (Å²) in [6, 6.07) is 7.37. The molecule has 5 heteroatoms. The standard InChI is InChI=1S/C17H19N3O2/c1-10(2)20(16(22)17-7-11(17)8-17)9-14-18-13-6-4-3-5-12(13)15(21)19-14/h3-6,10-11H,7-9H2,1-2H3,(H,18,19,21). The first-order valence-corrected chi connectivity index (χ1v) is 7.80. The fourth-order valence-electron chi connectivity index (χ4n) is 3.20. The zero-order valence-electron chi connectivity index (χ0n) is 12.8. The molecular formula is C17H19N3O2. The van der Waals surface area contributed by atoms with Gasteiger partial charge in [-0.3, -0.25) is 9.59 Å². The van der Waals surface area contributed by atoms with Gasteiger partial charge in [-0.05, 0) is 44.7 Å². The van der Waals surface area contributed by atoms with Gasteiger partial charge in [0.25, 0.3) is 5.56 Å². The monoisotopic (exact) mass is 297 g/mol. The van der Waals surface area contributed by atoms with Crippen molar-refractivity contribution < 1.29 is 4.79 Å². The Morgan fingerprint density at radius 2 is 2.09 bits per heavy atom. The second-order valence-electron chi connectivity index (χ2n) is 6.82. The first kappa shape index (κ1) is 13.5. The highest BCUT2D eigenvalue weighted by Gasteiger charge is 2.75. The minimum atomic E-state index is -0.148. The maximum atomic E-state index is 12.7. The zero-order chi connectivity index (χ0) is 15.5. The van der Waals surface area contributed by atoms with E-state index in [0.29, 0.717) is 29.2 Å². The lowest BCUT2D eigenvalue weighted by Crippen LogP contribution is -2.40. The molecule has 2 aliphatic rings. The number of hydrogen-bond acceptors (Lipinski definition) is 3. The van der Waals surface area contributed by atoms with Crippen LogP contribution in [0.15, 0.2) is 29.1 Å². The summed E-state index contributed by atoms with van der Waals surface area (Å²) in [4.78, 5) is 34.0. The summed E-state index contributed by atoms with van der Waals surface area (Å²) in [6.45, 7) is 4.38. The molecule has 2 aliphatic carbocycles. The van der Waals surface area contributed by atoms with E-state index in [1.165, 1.54) is 0 Å². The van der Waals surface area contributed by atoms with E-state index in [0.717, 1.165) is 12.8 Å². The van der Waals surface area contributed by atoms with Gasteiger partial charge in [-0.25, -0.2) is 4.98 Å². The number of hydrogen-bond donors (Lipinski definition) is 1. The summed E-state index contributed by atoms with van der Waals surface area (Å²) in [6.07, 6.45) is 2.08. The van der Waals surface area contributed by atoms with Gasteiger partial charge in [0.15, 0.2) is 0 Å². The van der Waals surface area contributed by atoms with Crippen molar-refractivity contribution in [1.82, 2.24) is 14.9 Å². The van der Waals surface area contributed by atoms with Gasteiger partial charge < -0.3 is 9.88 Å². The minimum Gasteiger partial charge on any atom is -0.332 e. The largest absolute Gasteiger partial charge is 0.332 e. The Balaban J connectivity index is 1.66. The predicted molar refractivity (Wildman–Crippen MR) is 83.2 cm³/mol. The van der Waals surface area contributed by atoms with Crippen LogP contribution in [0, 0.1) is 11.3 Å². The van der Waals surface area contributed by atoms with E-state index in [1.54, 1.807) is 6.07 Å². The van der Waals surface area contributed by atoms with Crippen molar-refractivity contribution in [2.45, 2.75) is 39.3 Å². The van der Waals surface area contributed by atoms with Gasteiger partial charge in [0.2, 0.25) is 5.91 Å². The molecule has 0 aliphatic heterocycles. The van der Waals surface area contributed by atoms with Crippen LogP contribution in [0.5, 0.6) is 0 Å². The molecule has 1 aromatic heterocycles. The van der Waals surface area contributed by atoms with Gasteiger partial charge >= 0.3 is 0 Å². The number of fused-ring (bicyclic) bond motifs is 2. The summed E-state index contributed by atoms with van der Waals surface area (Å²) < 4.78 is 0. The third-order valence-electron chi connectivity index (χ3n) is 4.97. The van der Waals surface area contributed by atoms with Gasteiger partial charge in [-0.15, -0.1) is 0 Å². The summed E-state index contributed by atoms with van der Waals surface area (Å²) in [7, 11) is 0. The normalized spacial score (nSPS) is 25.1. The maximum Gasteiger partial charge on any atom is 0.258 e. The van der Waals surface area contributed by atoms with Crippen LogP contribution >= 0.6 is 0 Å². The average molecular weight is 297 g/mol. The average Bonchev–Trinajstić information content (AvgIpc) is 3.33. The summed E-state index contributed by atoms with van der Waals surface area (Å²) >= 11 is 0. The lowest BCUT2D eigenvalue weighted by molar-refractivity contribution is -0.137. The van der Waals surface area contributed by atoms with E-state index in [9.17, 15) is 9.59 Å². The molecule has 1 amide bonds. The summed E-state index contributed by atoms with van der Waals surface area (Å²) in [5, 5.41) is 0.580. The first-order chi connectivity index (χ1) is 10.5. The number of H-pyrrole nitrogens is 1. The maximum absolute atomic E-state index is 12.7. The number of nitrogens with one attached hydrogen (secondary N) is 1. The minimum absolute atomic E-state index is 0.0542. The van der Waals surface area contributed by atoms with Crippen LogP contribution in [0.4, 0.5) is 0 Å². The van der Waals surface area contributed by atoms with E-state index >= 15 is 0 Å². The fraction of sp³-hybridized carbons (Fsp3) is 0.471. The molecule has 1 N–H and O–H groups in total. The highest BCUT2D eigenvalue weighted by molar-refractivity contribution is 5.90. The van der Waals surface area contributed by atoms with Crippen molar-refractivity contribution in [1.29, 1.82) is 0 Å². The number of carbonyl (C=O) groups excluding carboxylic acids is 1. The van der Waals surface area contributed by atoms with Gasteiger partial charge in [0.1, 0.15) is 5.82 Å². The highest BCUT2D eigenvalue weighted by atomic mass is 16.2. The molecule has 4 rings (SSSR count). The Kier molecular flexibility index (Phi) is 2.71. The van der Waals surface area contributed by atoms with Crippen molar-refractivity contribution in [3.63, 3.8) is 0 Å². The van der Waals surface area contributed by atoms with Crippen LogP contribution in [-0.4, -0.2) is 26.8 Å². The van der Waals surface area contributed by atoms with E-state index in [4.69, 9.17) is 0 Å². The highest BCUT2D eigenvalue weighted by Crippen LogP contribution is 2.76. The van der Waals surface area contributed by atoms with E-state index in [1.807, 2.05) is 36.9 Å². The van der Waals surface area contributed by atoms with Gasteiger partial charge in [0.05, 0.1) is 22.9 Å². The number of carbonyl (C=O) groups is 1. The van der Waals surface area contributed by atoms with Gasteiger partial charge in [-0.1, -0.05) is 12.1 Å². The van der Waals surface area contributed by atoms with Crippen molar-refractivity contribution in [3.8, 4) is 0 Å². The van der Waals surface area contributed by atoms with Crippen molar-refractivity contribution in [2.24, 2.45) is 11.3 Å². The third kappa shape index (κ3) is 1.95. The SMILES string of the molecule is CC(C)N(Cc1nc2ccccc2c(=O)[nH]1)C(=O)C12CC1C2. The van der Waals surface area contributed by atoms with Crippen LogP contribution in [-0.2, 0) is 11.3 Å². The number of aromatic nitrogens is 2. The molecule has 1 aromatic carbocycles. The lowest BCUT2D eigenvalue weighted by atomic mass is 10.1. The molecule has 2 saturated carbocycles. The quantitative estimate of drug-likeness (QED) is 0.939. The number of amides is 1. The Labute approximate surface area is 128 Å². The Hall–Kier alpha value is -2.17. The van der Waals surface area contributed by atoms with Crippen LogP contribution in [0.2, 0.25) is 0 Å². The topological polar surface area (TPSA) is 66.1 Å². The first-order valence-electron chi connectivity index (χ1n) is 7.80. The number of para-hydroxylation sites is 1. The lowest BCUT2D eigenvalue weighted by Gasteiger charge is -2.27. The molecule has 0 atom stereocenters. The number of benzene rings is 1. The molecule has 0 radical (unpaired) electrons. The molecule has 5 nitrogen and oxygen atoms in total. The molecule has 0 bridgehead atoms. The predicted octanol–water partition coefficient (Wildman–Crippen LogP) is 2.07. The number of aromatic amines is 1. The molecule has 2 aromatic rings.